The van der Waals surface area contributed by atoms with Crippen molar-refractivity contribution >= 4 is 11.9 Å². The van der Waals surface area contributed by atoms with Crippen LogP contribution in [0.25, 0.3) is 0 Å². The Morgan fingerprint density at radius 3 is 1.76 bits per heavy atom. The van der Waals surface area contributed by atoms with Crippen molar-refractivity contribution in [2.75, 3.05) is 0 Å². The predicted octanol–water partition coefficient (Wildman–Crippen LogP) is 3.05. The van der Waals surface area contributed by atoms with Crippen molar-refractivity contribution in [2.45, 2.75) is 66.6 Å². The lowest BCUT2D eigenvalue weighted by Gasteiger charge is -2.38. The number of ether oxygens (including phenoxy) is 2. The number of carbonyl (C=O) groups is 2. The summed E-state index contributed by atoms with van der Waals surface area (Å²) in [4.78, 5) is 23.4. The highest BCUT2D eigenvalue weighted by Crippen LogP contribution is 2.35. The van der Waals surface area contributed by atoms with Crippen LogP contribution in [0.2, 0.25) is 0 Å². The molecule has 1 rings (SSSR count). The quantitative estimate of drug-likeness (QED) is 0.565. The molecule has 0 saturated carbocycles. The molecular weight excluding hydrogens is 220 g/mol. The third-order valence-electron chi connectivity index (χ3n) is 2.61. The molecule has 17 heavy (non-hydrogen) atoms. The molecule has 1 fully saturated rings. The van der Waals surface area contributed by atoms with E-state index >= 15 is 0 Å². The fourth-order valence-electron chi connectivity index (χ4n) is 1.51. The molecule has 4 heteroatoms. The molecule has 0 atom stereocenters. The standard InChI is InChI=1S/C11H18O4.C2H6/c1-5-6-7-11(4)8(12)14-10(2,3)15-9(11)13;1-2/h5-7H2,1-4H3;1-2H3. The Morgan fingerprint density at radius 1 is 1.00 bits per heavy atom. The second-order valence-corrected chi connectivity index (χ2v) is 4.61. The minimum Gasteiger partial charge on any atom is -0.422 e. The molecule has 0 amide bonds. The lowest BCUT2D eigenvalue weighted by atomic mass is 9.84. The summed E-state index contributed by atoms with van der Waals surface area (Å²) in [6.07, 6.45) is 2.22. The highest BCUT2D eigenvalue weighted by atomic mass is 16.7. The van der Waals surface area contributed by atoms with Gasteiger partial charge in [-0.05, 0) is 13.3 Å². The van der Waals surface area contributed by atoms with Gasteiger partial charge in [-0.25, -0.2) is 0 Å². The molecule has 0 aromatic heterocycles. The molecule has 1 heterocycles. The fraction of sp³-hybridized carbons (Fsp3) is 0.846. The largest absolute Gasteiger partial charge is 0.422 e. The van der Waals surface area contributed by atoms with Gasteiger partial charge in [0.05, 0.1) is 0 Å². The third kappa shape index (κ3) is 3.72. The Kier molecular flexibility index (Phi) is 5.66. The molecule has 0 aliphatic carbocycles. The third-order valence-corrected chi connectivity index (χ3v) is 2.61. The lowest BCUT2D eigenvalue weighted by Crippen LogP contribution is -2.52. The summed E-state index contributed by atoms with van der Waals surface area (Å²) in [5.74, 6) is -2.07. The zero-order valence-electron chi connectivity index (χ0n) is 11.8. The van der Waals surface area contributed by atoms with Gasteiger partial charge in [0.25, 0.3) is 5.79 Å². The zero-order chi connectivity index (χ0) is 13.7. The van der Waals surface area contributed by atoms with Crippen LogP contribution in [0.5, 0.6) is 0 Å². The molecule has 0 bridgehead atoms. The molecule has 0 aromatic rings. The van der Waals surface area contributed by atoms with Gasteiger partial charge in [-0.15, -0.1) is 0 Å². The van der Waals surface area contributed by atoms with Gasteiger partial charge >= 0.3 is 11.9 Å². The van der Waals surface area contributed by atoms with E-state index in [0.29, 0.717) is 6.42 Å². The van der Waals surface area contributed by atoms with Gasteiger partial charge < -0.3 is 9.47 Å². The van der Waals surface area contributed by atoms with Crippen LogP contribution in [-0.2, 0) is 19.1 Å². The lowest BCUT2D eigenvalue weighted by molar-refractivity contribution is -0.250. The second kappa shape index (κ2) is 6.03. The van der Waals surface area contributed by atoms with Crippen LogP contribution in [0.3, 0.4) is 0 Å². The molecule has 1 saturated heterocycles. The molecule has 100 valence electrons. The van der Waals surface area contributed by atoms with E-state index in [9.17, 15) is 9.59 Å². The summed E-state index contributed by atoms with van der Waals surface area (Å²) in [6.45, 7) is 10.7. The molecule has 4 nitrogen and oxygen atoms in total. The second-order valence-electron chi connectivity index (χ2n) is 4.61. The predicted molar refractivity (Wildman–Crippen MR) is 65.2 cm³/mol. The van der Waals surface area contributed by atoms with Crippen LogP contribution in [0.4, 0.5) is 0 Å². The number of hydrogen-bond acceptors (Lipinski definition) is 4. The van der Waals surface area contributed by atoms with Gasteiger partial charge in [0.2, 0.25) is 0 Å². The van der Waals surface area contributed by atoms with Crippen molar-refractivity contribution in [1.82, 2.24) is 0 Å². The monoisotopic (exact) mass is 244 g/mol. The van der Waals surface area contributed by atoms with Gasteiger partial charge in [0.1, 0.15) is 0 Å². The maximum absolute atomic E-state index is 11.7. The van der Waals surface area contributed by atoms with Gasteiger partial charge in [-0.3, -0.25) is 9.59 Å². The minimum atomic E-state index is -1.13. The first kappa shape index (κ1) is 15.9. The Hall–Kier alpha value is -1.06. The van der Waals surface area contributed by atoms with E-state index in [1.54, 1.807) is 20.8 Å². The topological polar surface area (TPSA) is 52.6 Å². The summed E-state index contributed by atoms with van der Waals surface area (Å²) in [7, 11) is 0. The van der Waals surface area contributed by atoms with Gasteiger partial charge in [0.15, 0.2) is 5.41 Å². The molecule has 0 radical (unpaired) electrons. The molecule has 1 aliphatic rings. The molecular formula is C13H24O4. The van der Waals surface area contributed by atoms with Crippen molar-refractivity contribution in [2.24, 2.45) is 5.41 Å². The van der Waals surface area contributed by atoms with Crippen LogP contribution in [0.15, 0.2) is 0 Å². The van der Waals surface area contributed by atoms with Crippen LogP contribution in [-0.4, -0.2) is 17.7 Å². The summed E-state index contributed by atoms with van der Waals surface area (Å²) in [5.41, 5.74) is -1.12. The highest BCUT2D eigenvalue weighted by molar-refractivity contribution is 6.01. The normalized spacial score (nSPS) is 20.8. The number of hydrogen-bond donors (Lipinski definition) is 0. The van der Waals surface area contributed by atoms with Gasteiger partial charge in [0, 0.05) is 13.8 Å². The van der Waals surface area contributed by atoms with Crippen LogP contribution in [0, 0.1) is 5.41 Å². The Labute approximate surface area is 104 Å². The number of carbonyl (C=O) groups excluding carboxylic acids is 2. The van der Waals surface area contributed by atoms with Crippen molar-refractivity contribution in [3.05, 3.63) is 0 Å². The van der Waals surface area contributed by atoms with E-state index in [1.807, 2.05) is 20.8 Å². The number of unbranched alkanes of at least 4 members (excludes halogenated alkanes) is 1. The van der Waals surface area contributed by atoms with Crippen LogP contribution >= 0.6 is 0 Å². The van der Waals surface area contributed by atoms with Crippen molar-refractivity contribution < 1.29 is 19.1 Å². The highest BCUT2D eigenvalue weighted by Gasteiger charge is 2.52. The summed E-state index contributed by atoms with van der Waals surface area (Å²) in [5, 5.41) is 0. The smallest absolute Gasteiger partial charge is 0.326 e. The summed E-state index contributed by atoms with van der Waals surface area (Å²) < 4.78 is 10.1. The van der Waals surface area contributed by atoms with E-state index in [-0.39, 0.29) is 0 Å². The fourth-order valence-corrected chi connectivity index (χ4v) is 1.51. The van der Waals surface area contributed by atoms with Crippen LogP contribution < -0.4 is 0 Å². The molecule has 0 spiro atoms. The van der Waals surface area contributed by atoms with Crippen molar-refractivity contribution in [3.8, 4) is 0 Å². The average Bonchev–Trinajstić information content (AvgIpc) is 2.25. The Morgan fingerprint density at radius 2 is 1.41 bits per heavy atom. The number of cyclic esters (lactones) is 2. The Bertz CT molecular complexity index is 261. The van der Waals surface area contributed by atoms with E-state index in [4.69, 9.17) is 9.47 Å². The van der Waals surface area contributed by atoms with Crippen molar-refractivity contribution in [3.63, 3.8) is 0 Å². The van der Waals surface area contributed by atoms with Gasteiger partial charge in [-0.1, -0.05) is 33.6 Å². The van der Waals surface area contributed by atoms with E-state index in [0.717, 1.165) is 12.8 Å². The Balaban J connectivity index is 0.00000121. The molecule has 1 aliphatic heterocycles. The maximum Gasteiger partial charge on any atom is 0.326 e. The van der Waals surface area contributed by atoms with E-state index < -0.39 is 23.1 Å². The summed E-state index contributed by atoms with van der Waals surface area (Å²) in [6, 6.07) is 0. The SMILES string of the molecule is CC.CCCCC1(C)C(=O)OC(C)(C)OC1=O. The molecule has 0 N–H and O–H groups in total. The van der Waals surface area contributed by atoms with E-state index in [1.165, 1.54) is 0 Å². The summed E-state index contributed by atoms with van der Waals surface area (Å²) >= 11 is 0. The first-order valence-electron chi connectivity index (χ1n) is 6.29. The van der Waals surface area contributed by atoms with E-state index in [2.05, 4.69) is 0 Å². The number of esters is 2. The minimum absolute atomic E-state index is 0.475. The molecule has 0 aromatic carbocycles. The van der Waals surface area contributed by atoms with Gasteiger partial charge in [-0.2, -0.15) is 0 Å². The van der Waals surface area contributed by atoms with Crippen molar-refractivity contribution in [1.29, 1.82) is 0 Å². The zero-order valence-corrected chi connectivity index (χ0v) is 11.8. The molecule has 0 unspecified atom stereocenters. The maximum atomic E-state index is 11.7. The number of rotatable bonds is 3. The first-order valence-corrected chi connectivity index (χ1v) is 6.29. The average molecular weight is 244 g/mol. The van der Waals surface area contributed by atoms with Crippen LogP contribution in [0.1, 0.15) is 60.8 Å². The first-order chi connectivity index (χ1) is 7.82.